The summed E-state index contributed by atoms with van der Waals surface area (Å²) in [7, 11) is -3.50. The lowest BCUT2D eigenvalue weighted by Crippen LogP contribution is -2.36. The fourth-order valence-corrected chi connectivity index (χ4v) is 3.66. The van der Waals surface area contributed by atoms with Crippen molar-refractivity contribution in [1.29, 1.82) is 0 Å². The lowest BCUT2D eigenvalue weighted by molar-refractivity contribution is 0.252. The Hall–Kier alpha value is -1.11. The first-order chi connectivity index (χ1) is 9.90. The van der Waals surface area contributed by atoms with Gasteiger partial charge in [0.05, 0.1) is 5.69 Å². The van der Waals surface area contributed by atoms with Crippen molar-refractivity contribution in [3.63, 3.8) is 0 Å². The first kappa shape index (κ1) is 16.3. The topological polar surface area (TPSA) is 78.4 Å². The molecule has 1 fully saturated rings. The first-order valence-corrected chi connectivity index (χ1v) is 8.89. The molecule has 0 aliphatic heterocycles. The molecule has 1 saturated carbocycles. The molecule has 0 aromatic heterocycles. The first-order valence-electron chi connectivity index (χ1n) is 7.40. The second-order valence-corrected chi connectivity index (χ2v) is 7.59. The molecule has 21 heavy (non-hydrogen) atoms. The fraction of sp³-hybridized carbons (Fsp3) is 0.600. The average molecular weight is 312 g/mol. The van der Waals surface area contributed by atoms with E-state index in [0.717, 1.165) is 19.3 Å². The number of benzene rings is 1. The van der Waals surface area contributed by atoms with E-state index in [9.17, 15) is 13.5 Å². The zero-order valence-corrected chi connectivity index (χ0v) is 13.4. The van der Waals surface area contributed by atoms with Gasteiger partial charge in [-0.3, -0.25) is 0 Å². The zero-order valence-electron chi connectivity index (χ0n) is 12.6. The number of nitrogens with one attached hydrogen (secondary N) is 2. The quantitative estimate of drug-likeness (QED) is 0.687. The van der Waals surface area contributed by atoms with Gasteiger partial charge in [-0.2, -0.15) is 0 Å². The van der Waals surface area contributed by atoms with Crippen LogP contribution < -0.4 is 10.0 Å². The third-order valence-electron chi connectivity index (χ3n) is 3.96. The maximum absolute atomic E-state index is 12.4. The molecular formula is C15H24N2O3S. The Bertz CT molecular complexity index is 584. The Morgan fingerprint density at radius 1 is 1.33 bits per heavy atom. The molecule has 1 aliphatic carbocycles. The van der Waals surface area contributed by atoms with E-state index in [4.69, 9.17) is 0 Å². The minimum atomic E-state index is -3.50. The van der Waals surface area contributed by atoms with Gasteiger partial charge in [0.25, 0.3) is 0 Å². The van der Waals surface area contributed by atoms with Crippen LogP contribution in [-0.4, -0.2) is 31.7 Å². The van der Waals surface area contributed by atoms with Crippen LogP contribution >= 0.6 is 0 Å². The van der Waals surface area contributed by atoms with Gasteiger partial charge in [-0.15, -0.1) is 0 Å². The minimum Gasteiger partial charge on any atom is -0.396 e. The molecule has 1 aromatic carbocycles. The van der Waals surface area contributed by atoms with E-state index in [2.05, 4.69) is 10.0 Å². The lowest BCUT2D eigenvalue weighted by Gasteiger charge is -2.31. The monoisotopic (exact) mass is 312 g/mol. The molecule has 1 atom stereocenters. The van der Waals surface area contributed by atoms with E-state index in [1.165, 1.54) is 0 Å². The predicted molar refractivity (Wildman–Crippen MR) is 83.8 cm³/mol. The van der Waals surface area contributed by atoms with Crippen LogP contribution in [0.1, 0.15) is 39.5 Å². The molecule has 1 unspecified atom stereocenters. The standard InChI is InChI=1S/C15H24N2O3S/c1-3-15(2,10-11-18)16-13-6-4-5-7-14(13)21(19,20)17-12-8-9-12/h4-7,12,16-18H,3,8-11H2,1-2H3. The highest BCUT2D eigenvalue weighted by Crippen LogP contribution is 2.29. The number of rotatable bonds is 8. The van der Waals surface area contributed by atoms with Crippen LogP contribution in [-0.2, 0) is 10.0 Å². The summed E-state index contributed by atoms with van der Waals surface area (Å²) in [5.41, 5.74) is 0.253. The molecule has 1 aromatic rings. The van der Waals surface area contributed by atoms with Crippen molar-refractivity contribution in [2.24, 2.45) is 0 Å². The third kappa shape index (κ3) is 4.18. The number of anilines is 1. The van der Waals surface area contributed by atoms with Crippen LogP contribution in [0.4, 0.5) is 5.69 Å². The smallest absolute Gasteiger partial charge is 0.242 e. The van der Waals surface area contributed by atoms with Crippen molar-refractivity contribution in [2.45, 2.75) is 56.0 Å². The van der Waals surface area contributed by atoms with Crippen molar-refractivity contribution < 1.29 is 13.5 Å². The molecule has 3 N–H and O–H groups in total. The van der Waals surface area contributed by atoms with Gasteiger partial charge in [0.1, 0.15) is 4.90 Å². The van der Waals surface area contributed by atoms with Crippen LogP contribution in [0.15, 0.2) is 29.2 Å². The SMILES string of the molecule is CCC(C)(CCO)Nc1ccccc1S(=O)(=O)NC1CC1. The molecule has 118 valence electrons. The van der Waals surface area contributed by atoms with Crippen LogP contribution in [0.3, 0.4) is 0 Å². The van der Waals surface area contributed by atoms with Gasteiger partial charge in [0.2, 0.25) is 10.0 Å². The summed E-state index contributed by atoms with van der Waals surface area (Å²) in [4.78, 5) is 0.273. The lowest BCUT2D eigenvalue weighted by atomic mass is 9.94. The fourth-order valence-electron chi connectivity index (χ4n) is 2.19. The molecule has 0 bridgehead atoms. The molecular weight excluding hydrogens is 288 g/mol. The number of aliphatic hydroxyl groups excluding tert-OH is 1. The second-order valence-electron chi connectivity index (χ2n) is 5.90. The Morgan fingerprint density at radius 3 is 2.57 bits per heavy atom. The second kappa shape index (κ2) is 6.34. The van der Waals surface area contributed by atoms with Gasteiger partial charge < -0.3 is 10.4 Å². The van der Waals surface area contributed by atoms with Crippen LogP contribution in [0, 0.1) is 0 Å². The molecule has 0 amide bonds. The van der Waals surface area contributed by atoms with Crippen molar-refractivity contribution >= 4 is 15.7 Å². The number of aliphatic hydroxyl groups is 1. The van der Waals surface area contributed by atoms with Crippen LogP contribution in [0.2, 0.25) is 0 Å². The number of hydrogen-bond donors (Lipinski definition) is 3. The van der Waals surface area contributed by atoms with Crippen molar-refractivity contribution in [3.05, 3.63) is 24.3 Å². The van der Waals surface area contributed by atoms with Gasteiger partial charge in [-0.25, -0.2) is 13.1 Å². The molecule has 0 saturated heterocycles. The Balaban J connectivity index is 2.28. The van der Waals surface area contributed by atoms with Gasteiger partial charge in [-0.1, -0.05) is 19.1 Å². The summed E-state index contributed by atoms with van der Waals surface area (Å²) in [6, 6.07) is 7.00. The minimum absolute atomic E-state index is 0.0621. The van der Waals surface area contributed by atoms with E-state index in [0.29, 0.717) is 12.1 Å². The molecule has 0 radical (unpaired) electrons. The van der Waals surface area contributed by atoms with Gasteiger partial charge in [0.15, 0.2) is 0 Å². The average Bonchev–Trinajstić information content (AvgIpc) is 3.22. The number of sulfonamides is 1. The van der Waals surface area contributed by atoms with E-state index >= 15 is 0 Å². The van der Waals surface area contributed by atoms with Crippen molar-refractivity contribution in [1.82, 2.24) is 4.72 Å². The zero-order chi connectivity index (χ0) is 15.5. The maximum Gasteiger partial charge on any atom is 0.242 e. The van der Waals surface area contributed by atoms with E-state index in [1.807, 2.05) is 19.9 Å². The van der Waals surface area contributed by atoms with E-state index in [1.54, 1.807) is 18.2 Å². The Morgan fingerprint density at radius 2 is 2.00 bits per heavy atom. The Kier molecular flexibility index (Phi) is 4.91. The van der Waals surface area contributed by atoms with Crippen LogP contribution in [0.5, 0.6) is 0 Å². The van der Waals surface area contributed by atoms with Gasteiger partial charge in [-0.05, 0) is 44.7 Å². The van der Waals surface area contributed by atoms with E-state index < -0.39 is 10.0 Å². The summed E-state index contributed by atoms with van der Waals surface area (Å²) < 4.78 is 27.6. The maximum atomic E-state index is 12.4. The summed E-state index contributed by atoms with van der Waals surface area (Å²) in [5, 5.41) is 12.5. The van der Waals surface area contributed by atoms with E-state index in [-0.39, 0.29) is 23.1 Å². The number of hydrogen-bond acceptors (Lipinski definition) is 4. The van der Waals surface area contributed by atoms with Gasteiger partial charge in [0, 0.05) is 18.2 Å². The third-order valence-corrected chi connectivity index (χ3v) is 5.53. The molecule has 0 spiro atoms. The molecule has 2 rings (SSSR count). The highest BCUT2D eigenvalue weighted by molar-refractivity contribution is 7.89. The summed E-state index contributed by atoms with van der Waals surface area (Å²) in [6.45, 7) is 4.07. The highest BCUT2D eigenvalue weighted by atomic mass is 32.2. The van der Waals surface area contributed by atoms with Gasteiger partial charge >= 0.3 is 0 Å². The summed E-state index contributed by atoms with van der Waals surface area (Å²) >= 11 is 0. The van der Waals surface area contributed by atoms with Crippen molar-refractivity contribution in [3.8, 4) is 0 Å². The van der Waals surface area contributed by atoms with Crippen molar-refractivity contribution in [2.75, 3.05) is 11.9 Å². The predicted octanol–water partition coefficient (Wildman–Crippen LogP) is 2.09. The van der Waals surface area contributed by atoms with Crippen LogP contribution in [0.25, 0.3) is 0 Å². The largest absolute Gasteiger partial charge is 0.396 e. The molecule has 5 nitrogen and oxygen atoms in total. The molecule has 6 heteroatoms. The summed E-state index contributed by atoms with van der Waals surface area (Å²) in [6.07, 6.45) is 3.17. The Labute approximate surface area is 126 Å². The molecule has 1 aliphatic rings. The normalized spacial score (nSPS) is 18.2. The highest BCUT2D eigenvalue weighted by Gasteiger charge is 2.30. The summed E-state index contributed by atoms with van der Waals surface area (Å²) in [5.74, 6) is 0. The number of para-hydroxylation sites is 1. The molecule has 0 heterocycles.